The Morgan fingerprint density at radius 1 is 1.50 bits per heavy atom. The van der Waals surface area contributed by atoms with Crippen molar-refractivity contribution >= 4 is 13.3 Å². The number of benzene rings is 1. The average Bonchev–Trinajstić information content (AvgIpc) is 2.20. The summed E-state index contributed by atoms with van der Waals surface area (Å²) in [6, 6.07) is 7.02. The normalized spacial score (nSPS) is 16.7. The quantitative estimate of drug-likeness (QED) is 0.616. The Morgan fingerprint density at radius 2 is 2.12 bits per heavy atom. The third kappa shape index (κ3) is 3.97. The second kappa shape index (κ2) is 5.48. The first-order valence-electron chi connectivity index (χ1n) is 5.28. The maximum absolute atomic E-state index is 11.8. The highest BCUT2D eigenvalue weighted by Crippen LogP contribution is 2.48. The van der Waals surface area contributed by atoms with Crippen LogP contribution in [-0.2, 0) is 15.3 Å². The molecule has 1 aromatic rings. The molecule has 4 nitrogen and oxygen atoms in total. The summed E-state index contributed by atoms with van der Waals surface area (Å²) in [6.07, 6.45) is 0.444. The third-order valence-corrected chi connectivity index (χ3v) is 3.77. The lowest BCUT2D eigenvalue weighted by Crippen LogP contribution is -2.06. The van der Waals surface area contributed by atoms with E-state index >= 15 is 0 Å². The fraction of sp³-hybridized carbons (Fsp3) is 0.455. The van der Waals surface area contributed by atoms with E-state index in [2.05, 4.69) is 0 Å². The predicted octanol–water partition coefficient (Wildman–Crippen LogP) is 2.77. The van der Waals surface area contributed by atoms with Crippen LogP contribution in [0.3, 0.4) is 0 Å². The maximum Gasteiger partial charge on any atom is 0.332 e. The minimum atomic E-state index is -3.59. The van der Waals surface area contributed by atoms with Gasteiger partial charge >= 0.3 is 7.60 Å². The molecule has 0 aliphatic rings. The smallest absolute Gasteiger partial charge is 0.332 e. The first-order valence-corrected chi connectivity index (χ1v) is 7.04. The predicted molar refractivity (Wildman–Crippen MR) is 65.2 cm³/mol. The van der Waals surface area contributed by atoms with Gasteiger partial charge in [0.25, 0.3) is 0 Å². The molecule has 1 aromatic carbocycles. The molecule has 0 fully saturated rings. The molecule has 5 heteroatoms. The van der Waals surface area contributed by atoms with Crippen LogP contribution in [0.2, 0.25) is 0 Å². The number of hydrogen-bond acceptors (Lipinski definition) is 3. The van der Waals surface area contributed by atoms with Crippen molar-refractivity contribution in [3.63, 3.8) is 0 Å². The van der Waals surface area contributed by atoms with Gasteiger partial charge in [-0.3, -0.25) is 4.57 Å². The second-order valence-corrected chi connectivity index (χ2v) is 5.62. The summed E-state index contributed by atoms with van der Waals surface area (Å²) in [4.78, 5) is 9.67. The van der Waals surface area contributed by atoms with Gasteiger partial charge < -0.3 is 15.2 Å². The van der Waals surface area contributed by atoms with Gasteiger partial charge in [0, 0.05) is 5.69 Å². The molecule has 0 spiro atoms. The number of hydrogen-bond donors (Lipinski definition) is 2. The molecule has 0 saturated carbocycles. The molecule has 16 heavy (non-hydrogen) atoms. The fourth-order valence-electron chi connectivity index (χ4n) is 1.29. The summed E-state index contributed by atoms with van der Waals surface area (Å²) in [6.45, 7) is 3.68. The second-order valence-electron chi connectivity index (χ2n) is 3.82. The molecule has 0 aliphatic heterocycles. The van der Waals surface area contributed by atoms with Gasteiger partial charge in [0.05, 0.1) is 12.3 Å². The van der Waals surface area contributed by atoms with Crippen LogP contribution >= 0.6 is 7.60 Å². The van der Waals surface area contributed by atoms with Gasteiger partial charge in [-0.05, 0) is 25.0 Å². The Hall–Kier alpha value is -0.830. The van der Waals surface area contributed by atoms with E-state index in [1.165, 1.54) is 0 Å². The molecule has 0 heterocycles. The summed E-state index contributed by atoms with van der Waals surface area (Å²) in [5, 5.41) is 0. The van der Waals surface area contributed by atoms with Crippen LogP contribution in [-0.4, -0.2) is 11.0 Å². The Morgan fingerprint density at radius 3 is 2.69 bits per heavy atom. The molecule has 1 rings (SSSR count). The van der Waals surface area contributed by atoms with Crippen LogP contribution in [0.25, 0.3) is 0 Å². The number of para-hydroxylation sites is 1. The highest BCUT2D eigenvalue weighted by atomic mass is 31.2. The summed E-state index contributed by atoms with van der Waals surface area (Å²) < 4.78 is 16.9. The third-order valence-electron chi connectivity index (χ3n) is 2.34. The van der Waals surface area contributed by atoms with Crippen molar-refractivity contribution in [2.45, 2.75) is 32.5 Å². The largest absolute Gasteiger partial charge is 0.398 e. The maximum atomic E-state index is 11.8. The summed E-state index contributed by atoms with van der Waals surface area (Å²) in [5.74, 6) is 0. The molecule has 2 atom stereocenters. The minimum Gasteiger partial charge on any atom is -0.398 e. The molecule has 3 N–H and O–H groups in total. The van der Waals surface area contributed by atoms with E-state index in [0.29, 0.717) is 17.7 Å². The number of nitrogens with two attached hydrogens (primary N) is 1. The molecule has 0 aliphatic carbocycles. The highest BCUT2D eigenvalue weighted by molar-refractivity contribution is 7.52. The molecule has 90 valence electrons. The van der Waals surface area contributed by atoms with Crippen molar-refractivity contribution in [3.05, 3.63) is 29.8 Å². The molecule has 0 bridgehead atoms. The van der Waals surface area contributed by atoms with Crippen LogP contribution in [0.15, 0.2) is 24.3 Å². The van der Waals surface area contributed by atoms with Crippen molar-refractivity contribution in [2.24, 2.45) is 0 Å². The van der Waals surface area contributed by atoms with Crippen molar-refractivity contribution < 1.29 is 14.0 Å². The van der Waals surface area contributed by atoms with Crippen molar-refractivity contribution in [1.82, 2.24) is 0 Å². The van der Waals surface area contributed by atoms with Crippen LogP contribution in [0.5, 0.6) is 0 Å². The van der Waals surface area contributed by atoms with E-state index in [1.54, 1.807) is 31.2 Å². The van der Waals surface area contributed by atoms with Crippen molar-refractivity contribution in [2.75, 3.05) is 5.73 Å². The van der Waals surface area contributed by atoms with E-state index in [1.807, 2.05) is 6.92 Å². The van der Waals surface area contributed by atoms with Gasteiger partial charge in [0.1, 0.15) is 0 Å². The zero-order valence-corrected chi connectivity index (χ0v) is 10.5. The van der Waals surface area contributed by atoms with E-state index in [9.17, 15) is 9.46 Å². The Balaban J connectivity index is 2.73. The Labute approximate surface area is 96.0 Å². The molecule has 2 unspecified atom stereocenters. The molecule has 0 radical (unpaired) electrons. The lowest BCUT2D eigenvalue weighted by Gasteiger charge is -2.17. The SMILES string of the molecule is CCC(C)OP(=O)(O)Cc1ccccc1N. The van der Waals surface area contributed by atoms with Gasteiger partial charge in [-0.1, -0.05) is 25.1 Å². The molecule has 0 saturated heterocycles. The molecule has 0 amide bonds. The lowest BCUT2D eigenvalue weighted by atomic mass is 10.2. The van der Waals surface area contributed by atoms with Crippen LogP contribution in [0, 0.1) is 0 Å². The molecule has 0 aromatic heterocycles. The monoisotopic (exact) mass is 243 g/mol. The standard InChI is InChI=1S/C11H18NO3P/c1-3-9(2)15-16(13,14)8-10-6-4-5-7-11(10)12/h4-7,9H,3,8,12H2,1-2H3,(H,13,14). The minimum absolute atomic E-state index is 0.0377. The highest BCUT2D eigenvalue weighted by Gasteiger charge is 2.23. The van der Waals surface area contributed by atoms with Crippen LogP contribution in [0.4, 0.5) is 5.69 Å². The van der Waals surface area contributed by atoms with Crippen LogP contribution in [0.1, 0.15) is 25.8 Å². The first kappa shape index (κ1) is 13.2. The number of nitrogen functional groups attached to an aromatic ring is 1. The zero-order chi connectivity index (χ0) is 12.2. The van der Waals surface area contributed by atoms with Gasteiger partial charge in [-0.15, -0.1) is 0 Å². The summed E-state index contributed by atoms with van der Waals surface area (Å²) in [7, 11) is -3.59. The molecular weight excluding hydrogens is 225 g/mol. The van der Waals surface area contributed by atoms with Gasteiger partial charge in [-0.25, -0.2) is 0 Å². The van der Waals surface area contributed by atoms with E-state index in [0.717, 1.165) is 0 Å². The summed E-state index contributed by atoms with van der Waals surface area (Å²) >= 11 is 0. The Bertz CT molecular complexity index is 395. The van der Waals surface area contributed by atoms with Crippen molar-refractivity contribution in [3.8, 4) is 0 Å². The average molecular weight is 243 g/mol. The summed E-state index contributed by atoms with van der Waals surface area (Å²) in [5.41, 5.74) is 6.87. The molecular formula is C11H18NO3P. The lowest BCUT2D eigenvalue weighted by molar-refractivity contribution is 0.185. The van der Waals surface area contributed by atoms with E-state index in [4.69, 9.17) is 10.3 Å². The van der Waals surface area contributed by atoms with Gasteiger partial charge in [0.15, 0.2) is 0 Å². The van der Waals surface area contributed by atoms with Crippen molar-refractivity contribution in [1.29, 1.82) is 0 Å². The van der Waals surface area contributed by atoms with Gasteiger partial charge in [-0.2, -0.15) is 0 Å². The van der Waals surface area contributed by atoms with Crippen LogP contribution < -0.4 is 5.73 Å². The first-order chi connectivity index (χ1) is 7.44. The number of rotatable bonds is 5. The van der Waals surface area contributed by atoms with E-state index < -0.39 is 7.60 Å². The fourth-order valence-corrected chi connectivity index (χ4v) is 2.79. The van der Waals surface area contributed by atoms with Gasteiger partial charge in [0.2, 0.25) is 0 Å². The van der Waals surface area contributed by atoms with E-state index in [-0.39, 0.29) is 12.3 Å². The number of anilines is 1. The topological polar surface area (TPSA) is 72.5 Å². The zero-order valence-electron chi connectivity index (χ0n) is 9.59. The Kier molecular flexibility index (Phi) is 4.54.